The Labute approximate surface area is 67.3 Å². The van der Waals surface area contributed by atoms with E-state index in [2.05, 4.69) is 5.18 Å². The van der Waals surface area contributed by atoms with Crippen LogP contribution in [-0.2, 0) is 0 Å². The molecule has 0 saturated carbocycles. The fourth-order valence-corrected chi connectivity index (χ4v) is 1.11. The van der Waals surface area contributed by atoms with Gasteiger partial charge in [0.1, 0.15) is 5.69 Å². The van der Waals surface area contributed by atoms with Gasteiger partial charge in [-0.2, -0.15) is 0 Å². The summed E-state index contributed by atoms with van der Waals surface area (Å²) < 4.78 is 1.34. The Hall–Kier alpha value is -1.10. The lowest BCUT2D eigenvalue weighted by Gasteiger charge is -1.97. The van der Waals surface area contributed by atoms with Gasteiger partial charge in [-0.05, 0) is 23.2 Å². The first-order chi connectivity index (χ1) is 5.27. The maximum absolute atomic E-state index is 10.9. The fraction of sp³-hybridized carbons (Fsp3) is 0.167. The van der Waals surface area contributed by atoms with Crippen molar-refractivity contribution in [2.45, 2.75) is 0 Å². The fourth-order valence-electron chi connectivity index (χ4n) is 0.654. The molecule has 0 fully saturated rings. The van der Waals surface area contributed by atoms with Crippen LogP contribution in [0.25, 0.3) is 0 Å². The second-order valence-electron chi connectivity index (χ2n) is 1.83. The monoisotopic (exact) mass is 170 g/mol. The quantitative estimate of drug-likeness (QED) is 0.630. The first kappa shape index (κ1) is 8.00. The maximum atomic E-state index is 10.9. The molecule has 0 saturated heterocycles. The summed E-state index contributed by atoms with van der Waals surface area (Å²) in [5.41, 5.74) is 0.115. The summed E-state index contributed by atoms with van der Waals surface area (Å²) in [6, 6.07) is 2.70. The average molecular weight is 170 g/mol. The SMILES string of the molecule is CSn1cc(N=O)ccc1=O. The molecule has 4 nitrogen and oxygen atoms in total. The van der Waals surface area contributed by atoms with Gasteiger partial charge in [-0.1, -0.05) is 0 Å². The molecule has 0 atom stereocenters. The second-order valence-corrected chi connectivity index (χ2v) is 2.58. The summed E-state index contributed by atoms with van der Waals surface area (Å²) in [5, 5.41) is 2.70. The topological polar surface area (TPSA) is 51.4 Å². The van der Waals surface area contributed by atoms with Crippen LogP contribution in [0.3, 0.4) is 0 Å². The molecule has 58 valence electrons. The van der Waals surface area contributed by atoms with Crippen LogP contribution in [0.4, 0.5) is 5.69 Å². The molecule has 1 heterocycles. The molecule has 1 aromatic heterocycles. The van der Waals surface area contributed by atoms with Crippen LogP contribution in [0.1, 0.15) is 0 Å². The first-order valence-electron chi connectivity index (χ1n) is 2.88. The van der Waals surface area contributed by atoms with Crippen molar-refractivity contribution in [1.82, 2.24) is 3.97 Å². The van der Waals surface area contributed by atoms with E-state index in [4.69, 9.17) is 0 Å². The highest BCUT2D eigenvalue weighted by Gasteiger charge is 1.95. The van der Waals surface area contributed by atoms with Crippen molar-refractivity contribution < 1.29 is 0 Å². The van der Waals surface area contributed by atoms with E-state index in [1.54, 1.807) is 6.26 Å². The Morgan fingerprint density at radius 2 is 2.27 bits per heavy atom. The Morgan fingerprint density at radius 1 is 1.55 bits per heavy atom. The minimum absolute atomic E-state index is 0.148. The lowest BCUT2D eigenvalue weighted by Crippen LogP contribution is -2.11. The van der Waals surface area contributed by atoms with Crippen molar-refractivity contribution in [3.63, 3.8) is 0 Å². The van der Waals surface area contributed by atoms with Crippen LogP contribution in [0.15, 0.2) is 28.3 Å². The minimum atomic E-state index is -0.148. The summed E-state index contributed by atoms with van der Waals surface area (Å²) in [7, 11) is 0. The Bertz CT molecular complexity index is 321. The molecule has 5 heteroatoms. The molecule has 0 aliphatic rings. The molecule has 0 aliphatic heterocycles. The normalized spacial score (nSPS) is 9.55. The molecule has 0 aliphatic carbocycles. The van der Waals surface area contributed by atoms with Gasteiger partial charge in [-0.3, -0.25) is 8.77 Å². The average Bonchev–Trinajstić information content (AvgIpc) is 2.05. The van der Waals surface area contributed by atoms with Crippen LogP contribution >= 0.6 is 11.9 Å². The first-order valence-corrected chi connectivity index (χ1v) is 4.06. The van der Waals surface area contributed by atoms with Crippen molar-refractivity contribution in [2.75, 3.05) is 6.26 Å². The Kier molecular flexibility index (Phi) is 2.43. The highest BCUT2D eigenvalue weighted by atomic mass is 32.2. The zero-order valence-electron chi connectivity index (χ0n) is 5.85. The molecule has 0 radical (unpaired) electrons. The van der Waals surface area contributed by atoms with Gasteiger partial charge in [-0.25, -0.2) is 0 Å². The number of pyridine rings is 1. The molecule has 1 aromatic rings. The summed E-state index contributed by atoms with van der Waals surface area (Å²) in [6.45, 7) is 0. The summed E-state index contributed by atoms with van der Waals surface area (Å²) in [6.07, 6.45) is 3.15. The van der Waals surface area contributed by atoms with Gasteiger partial charge < -0.3 is 0 Å². The van der Waals surface area contributed by atoms with E-state index in [1.165, 1.54) is 34.2 Å². The number of nitroso groups, excluding NO2 is 1. The van der Waals surface area contributed by atoms with Gasteiger partial charge >= 0.3 is 0 Å². The van der Waals surface area contributed by atoms with Crippen LogP contribution in [0, 0.1) is 4.91 Å². The van der Waals surface area contributed by atoms with E-state index in [1.807, 2.05) is 0 Å². The number of nitrogens with zero attached hydrogens (tertiary/aromatic N) is 2. The van der Waals surface area contributed by atoms with Gasteiger partial charge in [0.15, 0.2) is 0 Å². The predicted molar refractivity (Wildman–Crippen MR) is 45.1 cm³/mol. The molecule has 0 amide bonds. The second kappa shape index (κ2) is 3.34. The standard InChI is InChI=1S/C6H6N2O2S/c1-11-8-4-5(7-10)2-3-6(8)9/h2-4H,1H3. The minimum Gasteiger partial charge on any atom is -0.268 e. The van der Waals surface area contributed by atoms with Crippen molar-refractivity contribution >= 4 is 17.6 Å². The molecule has 0 unspecified atom stereocenters. The molecule has 0 bridgehead atoms. The van der Waals surface area contributed by atoms with E-state index in [0.717, 1.165) is 0 Å². The Morgan fingerprint density at radius 3 is 2.82 bits per heavy atom. The Balaban J connectivity index is 3.23. The van der Waals surface area contributed by atoms with E-state index in [-0.39, 0.29) is 11.2 Å². The van der Waals surface area contributed by atoms with Crippen molar-refractivity contribution in [3.8, 4) is 0 Å². The van der Waals surface area contributed by atoms with Gasteiger partial charge in [0.25, 0.3) is 5.56 Å². The highest BCUT2D eigenvalue weighted by molar-refractivity contribution is 7.97. The highest BCUT2D eigenvalue weighted by Crippen LogP contribution is 2.09. The van der Waals surface area contributed by atoms with Gasteiger partial charge in [0, 0.05) is 18.5 Å². The molecule has 1 rings (SSSR count). The van der Waals surface area contributed by atoms with Crippen LogP contribution in [0.5, 0.6) is 0 Å². The maximum Gasteiger partial charge on any atom is 0.260 e. The lowest BCUT2D eigenvalue weighted by atomic mass is 10.4. The van der Waals surface area contributed by atoms with Gasteiger partial charge in [0.05, 0.1) is 0 Å². The molecular formula is C6H6N2O2S. The van der Waals surface area contributed by atoms with Crippen molar-refractivity contribution in [2.24, 2.45) is 5.18 Å². The van der Waals surface area contributed by atoms with Crippen LogP contribution < -0.4 is 5.56 Å². The largest absolute Gasteiger partial charge is 0.268 e. The molecule has 11 heavy (non-hydrogen) atoms. The third kappa shape index (κ3) is 1.68. The summed E-state index contributed by atoms with van der Waals surface area (Å²) in [5.74, 6) is 0. The van der Waals surface area contributed by atoms with Crippen LogP contribution in [0.2, 0.25) is 0 Å². The van der Waals surface area contributed by atoms with Crippen molar-refractivity contribution in [3.05, 3.63) is 33.6 Å². The predicted octanol–water partition coefficient (Wildman–Crippen LogP) is 1.37. The third-order valence-corrected chi connectivity index (χ3v) is 1.84. The summed E-state index contributed by atoms with van der Waals surface area (Å²) >= 11 is 1.23. The smallest absolute Gasteiger partial charge is 0.260 e. The molecular weight excluding hydrogens is 164 g/mol. The summed E-state index contributed by atoms with van der Waals surface area (Å²) in [4.78, 5) is 20.9. The van der Waals surface area contributed by atoms with Gasteiger partial charge in [-0.15, -0.1) is 4.91 Å². The number of hydrogen-bond acceptors (Lipinski definition) is 4. The number of rotatable bonds is 2. The van der Waals surface area contributed by atoms with Crippen molar-refractivity contribution in [1.29, 1.82) is 0 Å². The van der Waals surface area contributed by atoms with Gasteiger partial charge in [0.2, 0.25) is 0 Å². The zero-order valence-corrected chi connectivity index (χ0v) is 6.67. The van der Waals surface area contributed by atoms with Crippen LogP contribution in [-0.4, -0.2) is 10.2 Å². The zero-order chi connectivity index (χ0) is 8.27. The number of aromatic nitrogens is 1. The molecule has 0 spiro atoms. The lowest BCUT2D eigenvalue weighted by molar-refractivity contribution is 1.14. The molecule has 0 aromatic carbocycles. The van der Waals surface area contributed by atoms with E-state index in [9.17, 15) is 9.70 Å². The van der Waals surface area contributed by atoms with E-state index >= 15 is 0 Å². The molecule has 0 N–H and O–H groups in total. The van der Waals surface area contributed by atoms with E-state index < -0.39 is 0 Å². The third-order valence-electron chi connectivity index (χ3n) is 1.17. The number of hydrogen-bond donors (Lipinski definition) is 0. The van der Waals surface area contributed by atoms with E-state index in [0.29, 0.717) is 0 Å².